The highest BCUT2D eigenvalue weighted by Gasteiger charge is 2.08. The van der Waals surface area contributed by atoms with Crippen LogP contribution in [0.1, 0.15) is 0 Å². The van der Waals surface area contributed by atoms with E-state index in [9.17, 15) is 0 Å². The molecule has 2 N–H and O–H groups in total. The molecule has 20 heavy (non-hydrogen) atoms. The van der Waals surface area contributed by atoms with Crippen LogP contribution in [0.3, 0.4) is 0 Å². The van der Waals surface area contributed by atoms with E-state index in [0.29, 0.717) is 11.7 Å². The molecule has 0 spiro atoms. The van der Waals surface area contributed by atoms with Gasteiger partial charge in [0.15, 0.2) is 0 Å². The molecule has 0 bridgehead atoms. The minimum absolute atomic E-state index is 0.0873. The molecule has 0 atom stereocenters. The first-order valence-electron chi connectivity index (χ1n) is 5.64. The Morgan fingerprint density at radius 1 is 1.20 bits per heavy atom. The fourth-order valence-electron chi connectivity index (χ4n) is 1.54. The average Bonchev–Trinajstić information content (AvgIpc) is 2.91. The molecule has 3 aromatic rings. The molecule has 2 aromatic heterocycles. The molecular weight excluding hydrogens is 371 g/mol. The van der Waals surface area contributed by atoms with Gasteiger partial charge in [0.05, 0.1) is 0 Å². The second kappa shape index (κ2) is 5.41. The molecule has 0 saturated carbocycles. The Hall–Kier alpha value is -2.23. The molecule has 0 amide bonds. The summed E-state index contributed by atoms with van der Waals surface area (Å²) < 4.78 is 8.28. The maximum atomic E-state index is 5.67. The minimum Gasteiger partial charge on any atom is -0.424 e. The van der Waals surface area contributed by atoms with Crippen LogP contribution in [0.2, 0.25) is 0 Å². The molecule has 1 aromatic carbocycles. The van der Waals surface area contributed by atoms with Crippen molar-refractivity contribution in [3.63, 3.8) is 0 Å². The number of aromatic nitrogens is 5. The summed E-state index contributed by atoms with van der Waals surface area (Å²) in [5.41, 5.74) is 5.67. The third-order valence-electron chi connectivity index (χ3n) is 2.36. The van der Waals surface area contributed by atoms with Gasteiger partial charge in [0.25, 0.3) is 0 Å². The number of ether oxygens (including phenoxy) is 1. The minimum atomic E-state index is 0.0873. The van der Waals surface area contributed by atoms with Crippen molar-refractivity contribution in [2.75, 3.05) is 5.73 Å². The Labute approximate surface area is 128 Å². The Balaban J connectivity index is 1.94. The van der Waals surface area contributed by atoms with Gasteiger partial charge in [-0.1, -0.05) is 6.07 Å². The first-order chi connectivity index (χ1) is 9.70. The predicted octanol–water partition coefficient (Wildman–Crippen LogP) is 2.04. The van der Waals surface area contributed by atoms with Crippen molar-refractivity contribution in [1.82, 2.24) is 24.5 Å². The Morgan fingerprint density at radius 2 is 2.10 bits per heavy atom. The van der Waals surface area contributed by atoms with Crippen molar-refractivity contribution in [3.05, 3.63) is 46.6 Å². The van der Waals surface area contributed by atoms with Crippen molar-refractivity contribution < 1.29 is 4.74 Å². The van der Waals surface area contributed by atoms with E-state index in [1.807, 2.05) is 24.3 Å². The van der Waals surface area contributed by atoms with Crippen LogP contribution in [-0.2, 0) is 0 Å². The van der Waals surface area contributed by atoms with Gasteiger partial charge in [0.1, 0.15) is 12.1 Å². The van der Waals surface area contributed by atoms with Crippen LogP contribution >= 0.6 is 22.6 Å². The Bertz CT molecular complexity index is 731. The zero-order valence-corrected chi connectivity index (χ0v) is 12.3. The van der Waals surface area contributed by atoms with Crippen LogP contribution in [0, 0.1) is 3.57 Å². The second-order valence-corrected chi connectivity index (χ2v) is 5.05. The van der Waals surface area contributed by atoms with Crippen molar-refractivity contribution in [2.24, 2.45) is 0 Å². The number of halogens is 1. The molecule has 0 radical (unpaired) electrons. The average molecular weight is 380 g/mol. The fourth-order valence-corrected chi connectivity index (χ4v) is 2.05. The standard InChI is InChI=1S/C12H9IN6O/c13-8-2-1-3-9(6-8)20-12-17-10(14)16-11(18-12)19-5-4-15-7-19/h1-7H,(H2,14,16,17,18). The summed E-state index contributed by atoms with van der Waals surface area (Å²) in [6.07, 6.45) is 4.91. The van der Waals surface area contributed by atoms with Gasteiger partial charge >= 0.3 is 6.01 Å². The Morgan fingerprint density at radius 3 is 2.85 bits per heavy atom. The number of nitrogens with zero attached hydrogens (tertiary/aromatic N) is 5. The van der Waals surface area contributed by atoms with E-state index in [-0.39, 0.29) is 12.0 Å². The van der Waals surface area contributed by atoms with Crippen LogP contribution in [-0.4, -0.2) is 24.5 Å². The van der Waals surface area contributed by atoms with Crippen molar-refractivity contribution >= 4 is 28.5 Å². The van der Waals surface area contributed by atoms with Gasteiger partial charge in [-0.2, -0.15) is 15.0 Å². The van der Waals surface area contributed by atoms with Crippen LogP contribution in [0.4, 0.5) is 5.95 Å². The van der Waals surface area contributed by atoms with Gasteiger partial charge < -0.3 is 10.5 Å². The molecule has 100 valence electrons. The fraction of sp³-hybridized carbons (Fsp3) is 0. The van der Waals surface area contributed by atoms with Gasteiger partial charge in [0.2, 0.25) is 11.9 Å². The zero-order chi connectivity index (χ0) is 13.9. The van der Waals surface area contributed by atoms with Crippen LogP contribution in [0.15, 0.2) is 43.0 Å². The molecule has 0 aliphatic carbocycles. The van der Waals surface area contributed by atoms with Gasteiger partial charge in [-0.15, -0.1) is 0 Å². The van der Waals surface area contributed by atoms with Gasteiger partial charge in [-0.25, -0.2) is 4.98 Å². The molecule has 7 nitrogen and oxygen atoms in total. The maximum absolute atomic E-state index is 5.67. The monoisotopic (exact) mass is 380 g/mol. The van der Waals surface area contributed by atoms with Gasteiger partial charge in [-0.05, 0) is 40.8 Å². The van der Waals surface area contributed by atoms with Crippen LogP contribution in [0.25, 0.3) is 5.95 Å². The van der Waals surface area contributed by atoms with E-state index in [4.69, 9.17) is 10.5 Å². The van der Waals surface area contributed by atoms with E-state index >= 15 is 0 Å². The summed E-state index contributed by atoms with van der Waals surface area (Å²) in [5, 5.41) is 0. The number of rotatable bonds is 3. The number of hydrogen-bond donors (Lipinski definition) is 1. The van der Waals surface area contributed by atoms with Crippen LogP contribution in [0.5, 0.6) is 11.8 Å². The third kappa shape index (κ3) is 2.85. The third-order valence-corrected chi connectivity index (χ3v) is 3.03. The topological polar surface area (TPSA) is 91.7 Å². The highest BCUT2D eigenvalue weighted by Crippen LogP contribution is 2.20. The molecule has 0 saturated heterocycles. The SMILES string of the molecule is Nc1nc(Oc2cccc(I)c2)nc(-n2ccnc2)n1. The lowest BCUT2D eigenvalue weighted by Gasteiger charge is -2.06. The van der Waals surface area contributed by atoms with Gasteiger partial charge in [0, 0.05) is 16.0 Å². The number of nitrogens with two attached hydrogens (primary N) is 1. The van der Waals surface area contributed by atoms with Gasteiger partial charge in [-0.3, -0.25) is 4.57 Å². The summed E-state index contributed by atoms with van der Waals surface area (Å²) in [6.45, 7) is 0. The lowest BCUT2D eigenvalue weighted by Crippen LogP contribution is -2.06. The van der Waals surface area contributed by atoms with Crippen LogP contribution < -0.4 is 10.5 Å². The zero-order valence-electron chi connectivity index (χ0n) is 10.1. The lowest BCUT2D eigenvalue weighted by molar-refractivity contribution is 0.439. The smallest absolute Gasteiger partial charge is 0.328 e. The summed E-state index contributed by atoms with van der Waals surface area (Å²) in [4.78, 5) is 16.1. The molecule has 2 heterocycles. The summed E-state index contributed by atoms with van der Waals surface area (Å²) in [5.74, 6) is 1.08. The molecule has 0 aliphatic rings. The molecular formula is C12H9IN6O. The molecule has 0 aliphatic heterocycles. The van der Waals surface area contributed by atoms with E-state index in [0.717, 1.165) is 3.57 Å². The van der Waals surface area contributed by atoms with E-state index in [2.05, 4.69) is 42.5 Å². The van der Waals surface area contributed by atoms with Crippen molar-refractivity contribution in [2.45, 2.75) is 0 Å². The molecule has 8 heteroatoms. The normalized spacial score (nSPS) is 10.4. The number of nitrogen functional groups attached to an aromatic ring is 1. The first kappa shape index (κ1) is 12.8. The second-order valence-electron chi connectivity index (χ2n) is 3.81. The van der Waals surface area contributed by atoms with E-state index in [1.54, 1.807) is 23.3 Å². The van der Waals surface area contributed by atoms with Crippen molar-refractivity contribution in [1.29, 1.82) is 0 Å². The quantitative estimate of drug-likeness (QED) is 0.700. The van der Waals surface area contributed by atoms with E-state index < -0.39 is 0 Å². The largest absolute Gasteiger partial charge is 0.424 e. The molecule has 0 fully saturated rings. The summed E-state index contributed by atoms with van der Waals surface area (Å²) in [6, 6.07) is 7.68. The number of imidazole rings is 1. The summed E-state index contributed by atoms with van der Waals surface area (Å²) in [7, 11) is 0. The Kier molecular flexibility index (Phi) is 3.46. The number of hydrogen-bond acceptors (Lipinski definition) is 6. The highest BCUT2D eigenvalue weighted by atomic mass is 127. The first-order valence-corrected chi connectivity index (χ1v) is 6.72. The molecule has 3 rings (SSSR count). The number of benzene rings is 1. The van der Waals surface area contributed by atoms with Crippen molar-refractivity contribution in [3.8, 4) is 17.7 Å². The lowest BCUT2D eigenvalue weighted by atomic mass is 10.3. The molecule has 0 unspecified atom stereocenters. The maximum Gasteiger partial charge on any atom is 0.328 e. The number of anilines is 1. The summed E-state index contributed by atoms with van der Waals surface area (Å²) >= 11 is 2.20. The predicted molar refractivity (Wildman–Crippen MR) is 80.6 cm³/mol. The van der Waals surface area contributed by atoms with E-state index in [1.165, 1.54) is 0 Å². The highest BCUT2D eigenvalue weighted by molar-refractivity contribution is 14.1.